The summed E-state index contributed by atoms with van der Waals surface area (Å²) in [7, 11) is 0. The van der Waals surface area contributed by atoms with E-state index in [1.807, 2.05) is 11.3 Å². The van der Waals surface area contributed by atoms with Gasteiger partial charge in [-0.05, 0) is 66.2 Å². The van der Waals surface area contributed by atoms with E-state index in [1.165, 1.54) is 47.3 Å². The Morgan fingerprint density at radius 2 is 2.17 bits per heavy atom. The summed E-state index contributed by atoms with van der Waals surface area (Å²) in [5, 5.41) is 0. The Kier molecular flexibility index (Phi) is 4.09. The first-order chi connectivity index (χ1) is 8.79. The number of hydrogen-bond donors (Lipinski definition) is 1. The smallest absolute Gasteiger partial charge is 0.0702 e. The van der Waals surface area contributed by atoms with Crippen molar-refractivity contribution in [3.05, 3.63) is 20.8 Å². The zero-order valence-electron chi connectivity index (χ0n) is 10.6. The molecule has 1 saturated carbocycles. The standard InChI is InChI=1S/C14H21BrN2S/c15-14-7-6-13(18-14)12(9-16)17-8-2-4-10-3-1-5-11(10)17/h6-7,10-12H,1-5,8-9,16H2. The third-order valence-electron chi connectivity index (χ3n) is 4.58. The van der Waals surface area contributed by atoms with Crippen LogP contribution in [0.3, 0.4) is 0 Å². The maximum absolute atomic E-state index is 6.08. The molecule has 3 atom stereocenters. The van der Waals surface area contributed by atoms with Crippen molar-refractivity contribution in [2.75, 3.05) is 13.1 Å². The third-order valence-corrected chi connectivity index (χ3v) is 6.31. The highest BCUT2D eigenvalue weighted by Crippen LogP contribution is 2.41. The molecule has 1 aromatic heterocycles. The molecule has 18 heavy (non-hydrogen) atoms. The average Bonchev–Trinajstić information content (AvgIpc) is 2.99. The van der Waals surface area contributed by atoms with E-state index in [0.29, 0.717) is 6.04 Å². The van der Waals surface area contributed by atoms with Crippen LogP contribution in [0, 0.1) is 5.92 Å². The molecule has 4 heteroatoms. The van der Waals surface area contributed by atoms with Crippen LogP contribution in [-0.2, 0) is 0 Å². The van der Waals surface area contributed by atoms with Gasteiger partial charge in [0, 0.05) is 17.5 Å². The number of rotatable bonds is 3. The first kappa shape index (κ1) is 13.1. The highest BCUT2D eigenvalue weighted by Gasteiger charge is 2.38. The summed E-state index contributed by atoms with van der Waals surface area (Å²) in [6, 6.07) is 5.63. The van der Waals surface area contributed by atoms with E-state index >= 15 is 0 Å². The number of hydrogen-bond acceptors (Lipinski definition) is 3. The number of thiophene rings is 1. The van der Waals surface area contributed by atoms with E-state index < -0.39 is 0 Å². The van der Waals surface area contributed by atoms with Gasteiger partial charge in [-0.15, -0.1) is 11.3 Å². The fourth-order valence-electron chi connectivity index (χ4n) is 3.80. The summed E-state index contributed by atoms with van der Waals surface area (Å²) in [4.78, 5) is 4.14. The lowest BCUT2D eigenvalue weighted by Gasteiger charge is -2.42. The predicted octanol–water partition coefficient (Wildman–Crippen LogP) is 3.77. The van der Waals surface area contributed by atoms with Gasteiger partial charge in [0.1, 0.15) is 0 Å². The molecule has 0 bridgehead atoms. The van der Waals surface area contributed by atoms with Crippen LogP contribution in [0.15, 0.2) is 15.9 Å². The molecule has 1 aliphatic heterocycles. The first-order valence-corrected chi connectivity index (χ1v) is 8.61. The van der Waals surface area contributed by atoms with Gasteiger partial charge in [0.15, 0.2) is 0 Å². The van der Waals surface area contributed by atoms with Crippen molar-refractivity contribution >= 4 is 27.3 Å². The Bertz CT molecular complexity index is 406. The second-order valence-corrected chi connectivity index (χ2v) is 8.03. The number of nitrogens with zero attached hydrogens (tertiary/aromatic N) is 1. The van der Waals surface area contributed by atoms with Gasteiger partial charge in [0.25, 0.3) is 0 Å². The molecule has 1 aliphatic carbocycles. The molecule has 100 valence electrons. The van der Waals surface area contributed by atoms with Gasteiger partial charge in [-0.3, -0.25) is 4.90 Å². The van der Waals surface area contributed by atoms with E-state index in [0.717, 1.165) is 18.5 Å². The fourth-order valence-corrected chi connectivity index (χ4v) is 5.36. The van der Waals surface area contributed by atoms with Crippen LogP contribution in [0.5, 0.6) is 0 Å². The maximum atomic E-state index is 6.08. The van der Waals surface area contributed by atoms with E-state index in [4.69, 9.17) is 5.73 Å². The minimum Gasteiger partial charge on any atom is -0.329 e. The summed E-state index contributed by atoms with van der Waals surface area (Å²) in [5.74, 6) is 0.941. The third kappa shape index (κ3) is 2.40. The Labute approximate surface area is 122 Å². The minimum atomic E-state index is 0.437. The lowest BCUT2D eigenvalue weighted by atomic mass is 9.90. The van der Waals surface area contributed by atoms with Crippen molar-refractivity contribution in [2.24, 2.45) is 11.7 Å². The average molecular weight is 329 g/mol. The molecule has 0 aromatic carbocycles. The number of fused-ring (bicyclic) bond motifs is 1. The van der Waals surface area contributed by atoms with Gasteiger partial charge in [-0.1, -0.05) is 6.42 Å². The molecular formula is C14H21BrN2S. The van der Waals surface area contributed by atoms with Crippen LogP contribution in [-0.4, -0.2) is 24.0 Å². The second-order valence-electron chi connectivity index (χ2n) is 5.53. The van der Waals surface area contributed by atoms with Gasteiger partial charge < -0.3 is 5.73 Å². The molecule has 0 amide bonds. The summed E-state index contributed by atoms with van der Waals surface area (Å²) in [5.41, 5.74) is 6.08. The molecule has 2 N–H and O–H groups in total. The van der Waals surface area contributed by atoms with Crippen molar-refractivity contribution in [3.8, 4) is 0 Å². The summed E-state index contributed by atoms with van der Waals surface area (Å²) >= 11 is 5.41. The van der Waals surface area contributed by atoms with E-state index in [9.17, 15) is 0 Å². The van der Waals surface area contributed by atoms with Gasteiger partial charge >= 0.3 is 0 Å². The molecule has 0 radical (unpaired) electrons. The van der Waals surface area contributed by atoms with Crippen molar-refractivity contribution in [3.63, 3.8) is 0 Å². The van der Waals surface area contributed by atoms with Crippen LogP contribution < -0.4 is 5.73 Å². The van der Waals surface area contributed by atoms with Crippen molar-refractivity contribution in [1.29, 1.82) is 0 Å². The molecule has 2 heterocycles. The second kappa shape index (κ2) is 5.61. The van der Waals surface area contributed by atoms with Crippen LogP contribution in [0.1, 0.15) is 43.0 Å². The minimum absolute atomic E-state index is 0.437. The van der Waals surface area contributed by atoms with Crippen LogP contribution in [0.2, 0.25) is 0 Å². The topological polar surface area (TPSA) is 29.3 Å². The monoisotopic (exact) mass is 328 g/mol. The molecule has 1 aromatic rings. The Balaban J connectivity index is 1.82. The molecular weight excluding hydrogens is 308 g/mol. The molecule has 1 saturated heterocycles. The van der Waals surface area contributed by atoms with Crippen molar-refractivity contribution in [2.45, 2.75) is 44.2 Å². The largest absolute Gasteiger partial charge is 0.329 e. The highest BCUT2D eigenvalue weighted by molar-refractivity contribution is 9.11. The number of likely N-dealkylation sites (tertiary alicyclic amines) is 1. The Morgan fingerprint density at radius 1 is 1.33 bits per heavy atom. The highest BCUT2D eigenvalue weighted by atomic mass is 79.9. The van der Waals surface area contributed by atoms with Gasteiger partial charge in [0.2, 0.25) is 0 Å². The number of nitrogens with two attached hydrogens (primary N) is 1. The van der Waals surface area contributed by atoms with E-state index in [2.05, 4.69) is 33.0 Å². The normalized spacial score (nSPS) is 30.3. The lowest BCUT2D eigenvalue weighted by Crippen LogP contribution is -2.46. The van der Waals surface area contributed by atoms with E-state index in [1.54, 1.807) is 0 Å². The van der Waals surface area contributed by atoms with Crippen molar-refractivity contribution in [1.82, 2.24) is 4.90 Å². The van der Waals surface area contributed by atoms with Gasteiger partial charge in [-0.25, -0.2) is 0 Å². The molecule has 3 rings (SSSR count). The SMILES string of the molecule is NCC(c1ccc(Br)s1)N1CCCC2CCCC21. The van der Waals surface area contributed by atoms with E-state index in [-0.39, 0.29) is 0 Å². The molecule has 2 fully saturated rings. The number of halogens is 1. The lowest BCUT2D eigenvalue weighted by molar-refractivity contribution is 0.0716. The number of piperidine rings is 1. The molecule has 3 unspecified atom stereocenters. The fraction of sp³-hybridized carbons (Fsp3) is 0.714. The molecule has 2 nitrogen and oxygen atoms in total. The Hall–Kier alpha value is 0.1000. The zero-order valence-corrected chi connectivity index (χ0v) is 13.0. The molecule has 0 spiro atoms. The van der Waals surface area contributed by atoms with Crippen molar-refractivity contribution < 1.29 is 0 Å². The van der Waals surface area contributed by atoms with Gasteiger partial charge in [-0.2, -0.15) is 0 Å². The zero-order chi connectivity index (χ0) is 12.5. The van der Waals surface area contributed by atoms with Crippen LogP contribution in [0.4, 0.5) is 0 Å². The molecule has 2 aliphatic rings. The summed E-state index contributed by atoms with van der Waals surface area (Å²) < 4.78 is 1.22. The first-order valence-electron chi connectivity index (χ1n) is 7.00. The van der Waals surface area contributed by atoms with Crippen LogP contribution >= 0.6 is 27.3 Å². The summed E-state index contributed by atoms with van der Waals surface area (Å²) in [6.45, 7) is 1.98. The maximum Gasteiger partial charge on any atom is 0.0702 e. The quantitative estimate of drug-likeness (QED) is 0.914. The van der Waals surface area contributed by atoms with Gasteiger partial charge in [0.05, 0.1) is 9.83 Å². The Morgan fingerprint density at radius 3 is 2.89 bits per heavy atom. The summed E-state index contributed by atoms with van der Waals surface area (Å²) in [6.07, 6.45) is 7.02. The van der Waals surface area contributed by atoms with Crippen LogP contribution in [0.25, 0.3) is 0 Å². The predicted molar refractivity (Wildman–Crippen MR) is 80.9 cm³/mol.